The first-order valence-electron chi connectivity index (χ1n) is 16.4. The summed E-state index contributed by atoms with van der Waals surface area (Å²) in [6.45, 7) is 9.37. The fraction of sp³-hybridized carbons (Fsp3) is 0.436. The van der Waals surface area contributed by atoms with Gasteiger partial charge in [-0.3, -0.25) is 9.59 Å². The highest BCUT2D eigenvalue weighted by atomic mass is 16.5. The zero-order valence-electron chi connectivity index (χ0n) is 28.7. The van der Waals surface area contributed by atoms with E-state index in [0.717, 1.165) is 61.0 Å². The van der Waals surface area contributed by atoms with Crippen LogP contribution in [0.2, 0.25) is 0 Å². The third-order valence-corrected chi connectivity index (χ3v) is 8.12. The molecule has 258 valence electrons. The number of nitrogens with two attached hydrogens (primary N) is 1. The summed E-state index contributed by atoms with van der Waals surface area (Å²) in [5.41, 5.74) is 7.62. The SMILES string of the molecule is C=C(C)C(=O)OCCCCCCOc1ccc2cc(C=O)ccc2c1.COC1CCC(C)CC1CN.COc1ccc(C=O)cc1C#N. The van der Waals surface area contributed by atoms with E-state index in [1.807, 2.05) is 36.4 Å². The highest BCUT2D eigenvalue weighted by molar-refractivity contribution is 5.89. The van der Waals surface area contributed by atoms with Gasteiger partial charge in [0.1, 0.15) is 30.1 Å². The molecular weight excluding hydrogens is 608 g/mol. The zero-order valence-corrected chi connectivity index (χ0v) is 28.7. The predicted octanol–water partition coefficient (Wildman–Crippen LogP) is 7.49. The van der Waals surface area contributed by atoms with Crippen molar-refractivity contribution < 1.29 is 33.3 Å². The summed E-state index contributed by atoms with van der Waals surface area (Å²) in [5.74, 6) is 2.45. The molecule has 9 nitrogen and oxygen atoms in total. The van der Waals surface area contributed by atoms with Gasteiger partial charge in [0.25, 0.3) is 0 Å². The van der Waals surface area contributed by atoms with E-state index >= 15 is 0 Å². The number of benzene rings is 3. The van der Waals surface area contributed by atoms with Crippen molar-refractivity contribution in [1.29, 1.82) is 5.26 Å². The zero-order chi connectivity index (χ0) is 35.3. The van der Waals surface area contributed by atoms with E-state index in [2.05, 4.69) is 13.5 Å². The minimum Gasteiger partial charge on any atom is -0.495 e. The number of carbonyl (C=O) groups excluding carboxylic acids is 3. The molecule has 4 rings (SSSR count). The van der Waals surface area contributed by atoms with E-state index < -0.39 is 0 Å². The fourth-order valence-electron chi connectivity index (χ4n) is 5.36. The van der Waals surface area contributed by atoms with Crippen LogP contribution in [0, 0.1) is 23.2 Å². The Hall–Kier alpha value is -4.52. The molecule has 0 spiro atoms. The average Bonchev–Trinajstić information content (AvgIpc) is 3.12. The molecule has 1 saturated carbocycles. The summed E-state index contributed by atoms with van der Waals surface area (Å²) in [4.78, 5) is 32.3. The Bertz CT molecular complexity index is 1510. The van der Waals surface area contributed by atoms with Crippen molar-refractivity contribution in [3.05, 3.63) is 83.4 Å². The lowest BCUT2D eigenvalue weighted by Crippen LogP contribution is -2.34. The monoisotopic (exact) mass is 658 g/mol. The molecule has 48 heavy (non-hydrogen) atoms. The molecule has 0 amide bonds. The van der Waals surface area contributed by atoms with Crippen molar-refractivity contribution in [2.45, 2.75) is 64.9 Å². The molecule has 0 aromatic heterocycles. The maximum absolute atomic E-state index is 11.2. The first kappa shape index (κ1) is 39.7. The quantitative estimate of drug-likeness (QED) is 0.0808. The number of esters is 1. The van der Waals surface area contributed by atoms with Gasteiger partial charge in [0, 0.05) is 23.8 Å². The van der Waals surface area contributed by atoms with E-state index in [1.54, 1.807) is 32.2 Å². The fourth-order valence-corrected chi connectivity index (χ4v) is 5.36. The van der Waals surface area contributed by atoms with Crippen molar-refractivity contribution in [2.75, 3.05) is 34.0 Å². The highest BCUT2D eigenvalue weighted by Crippen LogP contribution is 2.29. The number of rotatable bonds is 14. The number of nitrogens with zero attached hydrogens (tertiary/aromatic N) is 1. The van der Waals surface area contributed by atoms with Crippen molar-refractivity contribution in [1.82, 2.24) is 0 Å². The van der Waals surface area contributed by atoms with Gasteiger partial charge >= 0.3 is 5.97 Å². The number of carbonyl (C=O) groups is 3. The predicted molar refractivity (Wildman–Crippen MR) is 189 cm³/mol. The largest absolute Gasteiger partial charge is 0.495 e. The lowest BCUT2D eigenvalue weighted by atomic mass is 9.80. The molecule has 1 aliphatic carbocycles. The topological polar surface area (TPSA) is 138 Å². The molecule has 0 bridgehead atoms. The second kappa shape index (κ2) is 22.1. The summed E-state index contributed by atoms with van der Waals surface area (Å²) in [5, 5.41) is 10.7. The Morgan fingerprint density at radius 1 is 0.938 bits per heavy atom. The van der Waals surface area contributed by atoms with Gasteiger partial charge < -0.3 is 24.7 Å². The maximum Gasteiger partial charge on any atom is 0.333 e. The van der Waals surface area contributed by atoms with Crippen LogP contribution >= 0.6 is 0 Å². The second-order valence-electron chi connectivity index (χ2n) is 11.9. The summed E-state index contributed by atoms with van der Waals surface area (Å²) in [7, 11) is 3.28. The summed E-state index contributed by atoms with van der Waals surface area (Å²) in [6, 6.07) is 18.1. The van der Waals surface area contributed by atoms with Gasteiger partial charge in [0.15, 0.2) is 0 Å². The lowest BCUT2D eigenvalue weighted by Gasteiger charge is -2.32. The maximum atomic E-state index is 11.2. The van der Waals surface area contributed by atoms with E-state index in [0.29, 0.717) is 59.5 Å². The van der Waals surface area contributed by atoms with Gasteiger partial charge in [-0.15, -0.1) is 0 Å². The van der Waals surface area contributed by atoms with Gasteiger partial charge in [0.05, 0.1) is 32.0 Å². The number of ether oxygens (including phenoxy) is 4. The Morgan fingerprint density at radius 2 is 1.58 bits per heavy atom. The third kappa shape index (κ3) is 13.7. The number of aldehydes is 2. The Kier molecular flexibility index (Phi) is 18.3. The summed E-state index contributed by atoms with van der Waals surface area (Å²) in [6.07, 6.45) is 9.55. The number of methoxy groups -OCH3 is 2. The summed E-state index contributed by atoms with van der Waals surface area (Å²) >= 11 is 0. The van der Waals surface area contributed by atoms with Gasteiger partial charge in [-0.05, 0) is 117 Å². The molecule has 0 radical (unpaired) electrons. The van der Waals surface area contributed by atoms with Crippen LogP contribution in [0.25, 0.3) is 10.8 Å². The third-order valence-electron chi connectivity index (χ3n) is 8.12. The van der Waals surface area contributed by atoms with Crippen LogP contribution in [0.15, 0.2) is 66.7 Å². The molecule has 1 aliphatic rings. The van der Waals surface area contributed by atoms with E-state index in [-0.39, 0.29) is 5.97 Å². The highest BCUT2D eigenvalue weighted by Gasteiger charge is 2.27. The average molecular weight is 659 g/mol. The van der Waals surface area contributed by atoms with E-state index in [9.17, 15) is 14.4 Å². The van der Waals surface area contributed by atoms with Crippen LogP contribution in [-0.4, -0.2) is 58.6 Å². The van der Waals surface area contributed by atoms with Crippen LogP contribution in [0.1, 0.15) is 85.1 Å². The lowest BCUT2D eigenvalue weighted by molar-refractivity contribution is -0.139. The smallest absolute Gasteiger partial charge is 0.333 e. The molecule has 3 aromatic carbocycles. The molecule has 3 unspecified atom stereocenters. The number of unbranched alkanes of at least 4 members (excludes halogenated alkanes) is 3. The van der Waals surface area contributed by atoms with E-state index in [4.69, 9.17) is 29.9 Å². The molecule has 9 heteroatoms. The van der Waals surface area contributed by atoms with Gasteiger partial charge in [-0.25, -0.2) is 4.79 Å². The Morgan fingerprint density at radius 3 is 2.21 bits per heavy atom. The Balaban J connectivity index is 0.000000288. The van der Waals surface area contributed by atoms with Gasteiger partial charge in [0.2, 0.25) is 0 Å². The number of hydrogen-bond donors (Lipinski definition) is 1. The minimum absolute atomic E-state index is 0.320. The summed E-state index contributed by atoms with van der Waals surface area (Å²) < 4.78 is 21.1. The first-order chi connectivity index (χ1) is 23.2. The van der Waals surface area contributed by atoms with Crippen LogP contribution in [-0.2, 0) is 14.3 Å². The number of nitriles is 1. The van der Waals surface area contributed by atoms with Crippen molar-refractivity contribution in [3.8, 4) is 17.6 Å². The van der Waals surface area contributed by atoms with Crippen LogP contribution in [0.5, 0.6) is 11.5 Å². The van der Waals surface area contributed by atoms with Crippen LogP contribution in [0.3, 0.4) is 0 Å². The number of fused-ring (bicyclic) bond motifs is 1. The van der Waals surface area contributed by atoms with E-state index in [1.165, 1.54) is 32.4 Å². The van der Waals surface area contributed by atoms with Crippen molar-refractivity contribution in [3.63, 3.8) is 0 Å². The molecule has 0 saturated heterocycles. The van der Waals surface area contributed by atoms with Gasteiger partial charge in [-0.1, -0.05) is 31.7 Å². The van der Waals surface area contributed by atoms with Crippen LogP contribution < -0.4 is 15.2 Å². The normalized spacial score (nSPS) is 16.5. The molecule has 3 atom stereocenters. The van der Waals surface area contributed by atoms with Crippen molar-refractivity contribution in [2.24, 2.45) is 17.6 Å². The Labute approximate surface area is 285 Å². The molecule has 0 aliphatic heterocycles. The molecular formula is C39H50N2O7. The molecule has 0 heterocycles. The van der Waals surface area contributed by atoms with Gasteiger partial charge in [-0.2, -0.15) is 5.26 Å². The standard InChI is InChI=1S/C21H24O4.C9H7NO2.C9H19NO/c1-16(2)21(23)25-12-6-4-3-5-11-24-20-10-9-18-13-17(15-22)7-8-19(18)14-20;1-12-9-3-2-7(6-11)4-8(9)5-10;1-7-3-4-9(11-2)8(5-7)6-10/h7-10,13-15H,1,3-6,11-12H2,2H3;2-4,6H,1H3;7-9H,3-6,10H2,1-2H3. The van der Waals surface area contributed by atoms with Crippen molar-refractivity contribution >= 4 is 29.3 Å². The van der Waals surface area contributed by atoms with Crippen LogP contribution in [0.4, 0.5) is 0 Å². The minimum atomic E-state index is -0.320. The second-order valence-corrected chi connectivity index (χ2v) is 11.9. The number of hydrogen-bond acceptors (Lipinski definition) is 9. The first-order valence-corrected chi connectivity index (χ1v) is 16.4. The molecule has 2 N–H and O–H groups in total. The molecule has 1 fully saturated rings. The molecule has 3 aromatic rings.